The first-order valence-corrected chi connectivity index (χ1v) is 10.6. The number of fused-ring (bicyclic) bond motifs is 3. The van der Waals surface area contributed by atoms with Crippen molar-refractivity contribution in [1.29, 1.82) is 0 Å². The van der Waals surface area contributed by atoms with Gasteiger partial charge in [0.1, 0.15) is 0 Å². The summed E-state index contributed by atoms with van der Waals surface area (Å²) in [7, 11) is 0. The third kappa shape index (κ3) is 4.06. The largest absolute Gasteiger partial charge is 0.396 e. The Morgan fingerprint density at radius 3 is 2.59 bits per heavy atom. The van der Waals surface area contributed by atoms with Crippen molar-refractivity contribution in [2.45, 2.75) is 26.3 Å². The van der Waals surface area contributed by atoms with Crippen LogP contribution in [0.3, 0.4) is 0 Å². The maximum Gasteiger partial charge on any atom is 0.0599 e. The molecular weight excluding hydrogens is 401 g/mol. The average molecular weight is 424 g/mol. The Balaban J connectivity index is 1.89. The maximum atomic E-state index is 9.09. The fourth-order valence-electron chi connectivity index (χ4n) is 3.81. The van der Waals surface area contributed by atoms with Crippen LogP contribution in [0, 0.1) is 0 Å². The molecule has 0 atom stereocenters. The van der Waals surface area contributed by atoms with Gasteiger partial charge >= 0.3 is 0 Å². The van der Waals surface area contributed by atoms with Crippen LogP contribution in [-0.2, 0) is 6.54 Å². The summed E-state index contributed by atoms with van der Waals surface area (Å²) in [5.41, 5.74) is 4.62. The molecule has 0 radical (unpaired) electrons. The lowest BCUT2D eigenvalue weighted by atomic mass is 10.1. The molecule has 0 unspecified atom stereocenters. The molecule has 148 valence electrons. The predicted octanol–water partition coefficient (Wildman–Crippen LogP) is 7.49. The lowest BCUT2D eigenvalue weighted by Gasteiger charge is -2.11. The Morgan fingerprint density at radius 2 is 1.79 bits per heavy atom. The molecule has 0 bridgehead atoms. The highest BCUT2D eigenvalue weighted by molar-refractivity contribution is 6.42. The zero-order valence-corrected chi connectivity index (χ0v) is 17.8. The Kier molecular flexibility index (Phi) is 5.96. The first-order valence-electron chi connectivity index (χ1n) is 9.81. The minimum absolute atomic E-state index is 0.220. The summed E-state index contributed by atoms with van der Waals surface area (Å²) in [6.45, 7) is 3.10. The van der Waals surface area contributed by atoms with E-state index in [2.05, 4.69) is 60.0 Å². The van der Waals surface area contributed by atoms with Crippen LogP contribution in [0.1, 0.15) is 19.8 Å². The number of allylic oxidation sites excluding steroid dienone is 2. The van der Waals surface area contributed by atoms with E-state index in [1.807, 2.05) is 18.2 Å². The fourth-order valence-corrected chi connectivity index (χ4v) is 4.11. The highest BCUT2D eigenvalue weighted by atomic mass is 35.5. The van der Waals surface area contributed by atoms with Crippen LogP contribution in [0.25, 0.3) is 32.9 Å². The number of aliphatic hydroxyl groups excluding tert-OH is 1. The van der Waals surface area contributed by atoms with Gasteiger partial charge in [0.25, 0.3) is 0 Å². The van der Waals surface area contributed by atoms with E-state index in [9.17, 15) is 0 Å². The molecule has 4 rings (SSSR count). The third-order valence-corrected chi connectivity index (χ3v) is 6.12. The van der Waals surface area contributed by atoms with Gasteiger partial charge in [-0.2, -0.15) is 0 Å². The number of benzene rings is 3. The van der Waals surface area contributed by atoms with E-state index in [0.29, 0.717) is 10.0 Å². The summed E-state index contributed by atoms with van der Waals surface area (Å²) in [5.74, 6) is 0. The molecule has 0 aliphatic rings. The summed E-state index contributed by atoms with van der Waals surface area (Å²) in [6, 6.07) is 20.9. The summed E-state index contributed by atoms with van der Waals surface area (Å²) < 4.78 is 2.32. The molecule has 2 nitrogen and oxygen atoms in total. The van der Waals surface area contributed by atoms with Gasteiger partial charge in [0.15, 0.2) is 0 Å². The Hall–Kier alpha value is -2.26. The molecule has 0 aliphatic heterocycles. The van der Waals surface area contributed by atoms with Gasteiger partial charge in [-0.15, -0.1) is 0 Å². The maximum absolute atomic E-state index is 9.09. The molecule has 0 aliphatic carbocycles. The zero-order valence-electron chi connectivity index (χ0n) is 16.3. The number of rotatable bonds is 6. The van der Waals surface area contributed by atoms with Crippen LogP contribution in [0.2, 0.25) is 10.0 Å². The molecule has 1 heterocycles. The standard InChI is InChI=1S/C25H23Cl2NO/c1-17(5-4-14-29)12-13-28-24-11-9-18-6-2-3-7-20(18)21(24)16-25(28)19-8-10-22(26)23(27)15-19/h2-3,6-12,15-16,29H,4-5,13-14H2,1H3/b17-12+. The lowest BCUT2D eigenvalue weighted by molar-refractivity contribution is 0.288. The number of hydrogen-bond acceptors (Lipinski definition) is 1. The normalized spacial score (nSPS) is 12.2. The van der Waals surface area contributed by atoms with Gasteiger partial charge < -0.3 is 9.67 Å². The molecule has 0 amide bonds. The van der Waals surface area contributed by atoms with Crippen LogP contribution in [0.15, 0.2) is 72.3 Å². The number of aliphatic hydroxyl groups is 1. The number of hydrogen-bond donors (Lipinski definition) is 1. The van der Waals surface area contributed by atoms with Gasteiger partial charge in [-0.3, -0.25) is 0 Å². The second kappa shape index (κ2) is 8.62. The monoisotopic (exact) mass is 423 g/mol. The Labute approximate surface area is 181 Å². The first kappa shape index (κ1) is 20.0. The van der Waals surface area contributed by atoms with Crippen molar-refractivity contribution in [3.63, 3.8) is 0 Å². The van der Waals surface area contributed by atoms with Crippen LogP contribution < -0.4 is 0 Å². The minimum atomic E-state index is 0.220. The molecule has 0 spiro atoms. The van der Waals surface area contributed by atoms with Gasteiger partial charge in [-0.25, -0.2) is 0 Å². The van der Waals surface area contributed by atoms with Gasteiger partial charge in [-0.05, 0) is 60.4 Å². The second-order valence-corrected chi connectivity index (χ2v) is 8.18. The van der Waals surface area contributed by atoms with Gasteiger partial charge in [0.2, 0.25) is 0 Å². The number of halogens is 2. The smallest absolute Gasteiger partial charge is 0.0599 e. The van der Waals surface area contributed by atoms with Crippen molar-refractivity contribution in [3.8, 4) is 11.3 Å². The van der Waals surface area contributed by atoms with Crippen LogP contribution in [0.4, 0.5) is 0 Å². The van der Waals surface area contributed by atoms with Crippen LogP contribution >= 0.6 is 23.2 Å². The fraction of sp³-hybridized carbons (Fsp3) is 0.200. The zero-order chi connectivity index (χ0) is 20.4. The number of aromatic nitrogens is 1. The van der Waals surface area contributed by atoms with E-state index in [0.717, 1.165) is 30.6 Å². The van der Waals surface area contributed by atoms with Crippen LogP contribution in [0.5, 0.6) is 0 Å². The molecule has 4 aromatic rings. The number of nitrogens with zero attached hydrogens (tertiary/aromatic N) is 1. The van der Waals surface area contributed by atoms with Crippen molar-refractivity contribution in [2.24, 2.45) is 0 Å². The van der Waals surface area contributed by atoms with E-state index in [1.165, 1.54) is 27.2 Å². The van der Waals surface area contributed by atoms with E-state index in [4.69, 9.17) is 28.3 Å². The molecule has 1 aromatic heterocycles. The van der Waals surface area contributed by atoms with Crippen molar-refractivity contribution >= 4 is 44.9 Å². The molecule has 3 aromatic carbocycles. The summed E-state index contributed by atoms with van der Waals surface area (Å²) in [5, 5.41) is 13.9. The third-order valence-electron chi connectivity index (χ3n) is 5.38. The van der Waals surface area contributed by atoms with Gasteiger partial charge in [0, 0.05) is 29.7 Å². The summed E-state index contributed by atoms with van der Waals surface area (Å²) in [6.07, 6.45) is 3.94. The Morgan fingerprint density at radius 1 is 0.966 bits per heavy atom. The topological polar surface area (TPSA) is 25.2 Å². The van der Waals surface area contributed by atoms with E-state index in [-0.39, 0.29) is 6.61 Å². The molecular formula is C25H23Cl2NO. The second-order valence-electron chi connectivity index (χ2n) is 7.37. The molecule has 0 fully saturated rings. The van der Waals surface area contributed by atoms with E-state index in [1.54, 1.807) is 0 Å². The molecule has 29 heavy (non-hydrogen) atoms. The highest BCUT2D eigenvalue weighted by Crippen LogP contribution is 2.35. The van der Waals surface area contributed by atoms with Gasteiger partial charge in [-0.1, -0.05) is 71.2 Å². The predicted molar refractivity (Wildman–Crippen MR) is 125 cm³/mol. The molecule has 4 heteroatoms. The SMILES string of the molecule is C/C(=C\Cn1c(-c2ccc(Cl)c(Cl)c2)cc2c3ccccc3ccc21)CCCO. The minimum Gasteiger partial charge on any atom is -0.396 e. The summed E-state index contributed by atoms with van der Waals surface area (Å²) >= 11 is 12.5. The molecule has 0 saturated carbocycles. The van der Waals surface area contributed by atoms with Crippen molar-refractivity contribution in [3.05, 3.63) is 82.4 Å². The molecule has 1 N–H and O–H groups in total. The van der Waals surface area contributed by atoms with E-state index >= 15 is 0 Å². The van der Waals surface area contributed by atoms with Crippen molar-refractivity contribution in [2.75, 3.05) is 6.61 Å². The first-order chi connectivity index (χ1) is 14.1. The molecule has 0 saturated heterocycles. The lowest BCUT2D eigenvalue weighted by Crippen LogP contribution is -1.99. The average Bonchev–Trinajstić information content (AvgIpc) is 3.11. The highest BCUT2D eigenvalue weighted by Gasteiger charge is 2.13. The van der Waals surface area contributed by atoms with Crippen LogP contribution in [-0.4, -0.2) is 16.3 Å². The quantitative estimate of drug-likeness (QED) is 0.319. The Bertz CT molecular complexity index is 1210. The van der Waals surface area contributed by atoms with Crippen molar-refractivity contribution < 1.29 is 5.11 Å². The van der Waals surface area contributed by atoms with Crippen molar-refractivity contribution in [1.82, 2.24) is 4.57 Å². The van der Waals surface area contributed by atoms with Gasteiger partial charge in [0.05, 0.1) is 10.0 Å². The van der Waals surface area contributed by atoms with E-state index < -0.39 is 0 Å². The summed E-state index contributed by atoms with van der Waals surface area (Å²) in [4.78, 5) is 0.